The maximum absolute atomic E-state index is 15.3. The Morgan fingerprint density at radius 1 is 1.26 bits per heavy atom. The highest BCUT2D eigenvalue weighted by Gasteiger charge is 2.48. The largest absolute Gasteiger partial charge is 0.501 e. The van der Waals surface area contributed by atoms with Crippen LogP contribution in [0.1, 0.15) is 58.6 Å². The summed E-state index contributed by atoms with van der Waals surface area (Å²) in [5, 5.41) is 0.402. The molecule has 0 amide bonds. The number of unbranched alkanes of at least 4 members (excludes halogenated alkanes) is 3. The third-order valence-corrected chi connectivity index (χ3v) is 8.31. The molecule has 0 saturated carbocycles. The molecule has 232 valence electrons. The molecular formula is C33H49FN4O4. The van der Waals surface area contributed by atoms with Crippen molar-refractivity contribution in [3.63, 3.8) is 0 Å². The number of nitrogens with one attached hydrogen (secondary N) is 1. The molecule has 8 nitrogen and oxygen atoms in total. The topological polar surface area (TPSA) is 81.2 Å². The number of hydrogen-bond donors (Lipinski definition) is 1. The zero-order valence-corrected chi connectivity index (χ0v) is 26.1. The minimum atomic E-state index is -0.448. The molecule has 4 heterocycles. The Morgan fingerprint density at radius 3 is 2.67 bits per heavy atom. The quantitative estimate of drug-likeness (QED) is 0.0755. The van der Waals surface area contributed by atoms with E-state index in [0.717, 1.165) is 43.1 Å². The van der Waals surface area contributed by atoms with Gasteiger partial charge in [0.1, 0.15) is 11.4 Å². The Hall–Kier alpha value is -2.75. The lowest BCUT2D eigenvalue weighted by molar-refractivity contribution is -0.188. The average molecular weight is 585 g/mol. The van der Waals surface area contributed by atoms with Crippen molar-refractivity contribution in [2.75, 3.05) is 59.7 Å². The van der Waals surface area contributed by atoms with Gasteiger partial charge in [0.05, 0.1) is 38.5 Å². The Bertz CT molecular complexity index is 1240. The van der Waals surface area contributed by atoms with Crippen LogP contribution in [-0.2, 0) is 14.2 Å². The van der Waals surface area contributed by atoms with E-state index in [4.69, 9.17) is 18.9 Å². The van der Waals surface area contributed by atoms with Crippen molar-refractivity contribution in [2.24, 2.45) is 22.2 Å². The van der Waals surface area contributed by atoms with E-state index in [1.807, 2.05) is 13.8 Å². The van der Waals surface area contributed by atoms with Crippen molar-refractivity contribution in [1.82, 2.24) is 14.9 Å². The van der Waals surface area contributed by atoms with Gasteiger partial charge in [0, 0.05) is 55.3 Å². The SMILES string of the molecule is C=C/C(COCCCCCCN1CC2(COC2)C1)=C(\CC(C(=NCC)Oc1cnc2[nH]c(C)cc2c1F)C(C)C)OC. The first-order chi connectivity index (χ1) is 20.3. The van der Waals surface area contributed by atoms with Crippen LogP contribution in [-0.4, -0.2) is 80.5 Å². The number of aromatic nitrogens is 2. The first-order valence-corrected chi connectivity index (χ1v) is 15.4. The number of methoxy groups -OCH3 is 1. The Kier molecular flexibility index (Phi) is 11.6. The third-order valence-electron chi connectivity index (χ3n) is 8.31. The van der Waals surface area contributed by atoms with Crippen molar-refractivity contribution >= 4 is 16.9 Å². The van der Waals surface area contributed by atoms with Crippen LogP contribution in [0.25, 0.3) is 11.0 Å². The molecular weight excluding hydrogens is 535 g/mol. The van der Waals surface area contributed by atoms with Gasteiger partial charge in [-0.25, -0.2) is 9.37 Å². The van der Waals surface area contributed by atoms with Gasteiger partial charge in [-0.1, -0.05) is 39.3 Å². The molecule has 2 aromatic heterocycles. The number of ether oxygens (including phenoxy) is 4. The molecule has 0 radical (unpaired) electrons. The van der Waals surface area contributed by atoms with Crippen LogP contribution < -0.4 is 4.74 Å². The van der Waals surface area contributed by atoms with Crippen LogP contribution in [0, 0.1) is 30.0 Å². The molecule has 9 heteroatoms. The van der Waals surface area contributed by atoms with Crippen LogP contribution in [0.5, 0.6) is 5.75 Å². The number of halogens is 1. The van der Waals surface area contributed by atoms with Crippen LogP contribution in [0.2, 0.25) is 0 Å². The number of rotatable bonds is 17. The average Bonchev–Trinajstić information content (AvgIpc) is 3.31. The number of pyridine rings is 1. The zero-order valence-electron chi connectivity index (χ0n) is 26.1. The van der Waals surface area contributed by atoms with Gasteiger partial charge in [-0.05, 0) is 45.2 Å². The number of aliphatic imine (C=N–C) groups is 1. The molecule has 4 rings (SSSR count). The highest BCUT2D eigenvalue weighted by atomic mass is 19.1. The second-order valence-electron chi connectivity index (χ2n) is 12.1. The second kappa shape index (κ2) is 15.1. The summed E-state index contributed by atoms with van der Waals surface area (Å²) >= 11 is 0. The predicted molar refractivity (Wildman–Crippen MR) is 166 cm³/mol. The normalized spacial score (nSPS) is 18.1. The summed E-state index contributed by atoms with van der Waals surface area (Å²) in [6.45, 7) is 19.2. The third kappa shape index (κ3) is 7.99. The summed E-state index contributed by atoms with van der Waals surface area (Å²) in [6.07, 6.45) is 8.40. The molecule has 2 aromatic rings. The Balaban J connectivity index is 1.28. The highest BCUT2D eigenvalue weighted by molar-refractivity contribution is 5.84. The van der Waals surface area contributed by atoms with Crippen molar-refractivity contribution < 1.29 is 23.3 Å². The molecule has 0 aromatic carbocycles. The lowest BCUT2D eigenvalue weighted by atomic mass is 9.78. The van der Waals surface area contributed by atoms with Crippen LogP contribution in [0.3, 0.4) is 0 Å². The summed E-state index contributed by atoms with van der Waals surface area (Å²) < 4.78 is 38.7. The summed E-state index contributed by atoms with van der Waals surface area (Å²) in [5.41, 5.74) is 2.74. The van der Waals surface area contributed by atoms with Crippen molar-refractivity contribution in [1.29, 1.82) is 0 Å². The first-order valence-electron chi connectivity index (χ1n) is 15.4. The van der Waals surface area contributed by atoms with E-state index < -0.39 is 5.82 Å². The van der Waals surface area contributed by atoms with Gasteiger partial charge in [-0.15, -0.1) is 0 Å². The molecule has 0 aliphatic carbocycles. The molecule has 2 fully saturated rings. The Morgan fingerprint density at radius 2 is 2.02 bits per heavy atom. The smallest absolute Gasteiger partial charge is 0.194 e. The molecule has 1 unspecified atom stereocenters. The first kappa shape index (κ1) is 32.2. The van der Waals surface area contributed by atoms with Gasteiger partial charge >= 0.3 is 0 Å². The number of aryl methyl sites for hydroxylation is 1. The number of likely N-dealkylation sites (tertiary alicyclic amines) is 1. The lowest BCUT2D eigenvalue weighted by Gasteiger charge is -2.55. The fraction of sp³-hybridized carbons (Fsp3) is 0.636. The van der Waals surface area contributed by atoms with Gasteiger partial charge in [-0.2, -0.15) is 0 Å². The van der Waals surface area contributed by atoms with Crippen LogP contribution in [0.4, 0.5) is 4.39 Å². The molecule has 2 saturated heterocycles. The zero-order chi connectivity index (χ0) is 30.1. The number of hydrogen-bond acceptors (Lipinski definition) is 7. The van der Waals surface area contributed by atoms with E-state index in [9.17, 15) is 0 Å². The number of fused-ring (bicyclic) bond motifs is 1. The van der Waals surface area contributed by atoms with E-state index in [-0.39, 0.29) is 17.6 Å². The van der Waals surface area contributed by atoms with E-state index in [1.54, 1.807) is 19.3 Å². The lowest BCUT2D eigenvalue weighted by Crippen LogP contribution is -2.65. The van der Waals surface area contributed by atoms with E-state index in [1.165, 1.54) is 38.7 Å². The van der Waals surface area contributed by atoms with Gasteiger partial charge in [0.25, 0.3) is 0 Å². The van der Waals surface area contributed by atoms with Gasteiger partial charge in [0.15, 0.2) is 17.5 Å². The van der Waals surface area contributed by atoms with Gasteiger partial charge in [0.2, 0.25) is 0 Å². The minimum Gasteiger partial charge on any atom is -0.501 e. The molecule has 1 N–H and O–H groups in total. The predicted octanol–water partition coefficient (Wildman–Crippen LogP) is 6.47. The molecule has 2 aliphatic heterocycles. The van der Waals surface area contributed by atoms with Crippen molar-refractivity contribution in [3.05, 3.63) is 47.8 Å². The summed E-state index contributed by atoms with van der Waals surface area (Å²) in [6, 6.07) is 1.73. The van der Waals surface area contributed by atoms with Crippen molar-refractivity contribution in [2.45, 2.75) is 59.8 Å². The van der Waals surface area contributed by atoms with E-state index in [0.29, 0.717) is 48.5 Å². The van der Waals surface area contributed by atoms with E-state index in [2.05, 4.69) is 40.3 Å². The highest BCUT2D eigenvalue weighted by Crippen LogP contribution is 2.37. The van der Waals surface area contributed by atoms with Crippen molar-refractivity contribution in [3.8, 4) is 5.75 Å². The number of H-pyrrole nitrogens is 1. The molecule has 1 spiro atoms. The maximum Gasteiger partial charge on any atom is 0.194 e. The van der Waals surface area contributed by atoms with Crippen LogP contribution >= 0.6 is 0 Å². The molecule has 2 aliphatic rings. The molecule has 0 bridgehead atoms. The standard InChI is InChI=1S/C33H49FN4O4/c1-7-25(18-40-14-12-10-9-11-13-38-19-33(20-38)21-41-22-33)28(39-6)16-26(23(3)4)32(35-8-2)42-29-17-36-31-27(30(29)34)15-24(5)37-31/h7,15,17,23,26H,1,8-14,16,18-22H2,2-6H3,(H,36,37)/b28-25-,35-32?. The monoisotopic (exact) mass is 584 g/mol. The Labute approximate surface area is 250 Å². The fourth-order valence-corrected chi connectivity index (χ4v) is 5.84. The number of allylic oxidation sites excluding steroid dienone is 1. The molecule has 42 heavy (non-hydrogen) atoms. The maximum atomic E-state index is 15.3. The summed E-state index contributed by atoms with van der Waals surface area (Å²) in [7, 11) is 1.66. The second-order valence-corrected chi connectivity index (χ2v) is 12.1. The molecule has 1 atom stereocenters. The number of aromatic amines is 1. The fourth-order valence-electron chi connectivity index (χ4n) is 5.84. The van der Waals surface area contributed by atoms with E-state index >= 15 is 4.39 Å². The summed E-state index contributed by atoms with van der Waals surface area (Å²) in [5.74, 6) is 0.873. The summed E-state index contributed by atoms with van der Waals surface area (Å²) in [4.78, 5) is 14.6. The van der Waals surface area contributed by atoms with Gasteiger partial charge in [-0.3, -0.25) is 4.99 Å². The number of nitrogens with zero attached hydrogens (tertiary/aromatic N) is 3. The van der Waals surface area contributed by atoms with Crippen LogP contribution in [0.15, 0.2) is 41.2 Å². The van der Waals surface area contributed by atoms with Gasteiger partial charge < -0.3 is 28.8 Å². The minimum absolute atomic E-state index is 0.0660.